The fraction of sp³-hybridized carbons (Fsp3) is 0.438. The molecule has 1 aromatic heterocycles. The topological polar surface area (TPSA) is 76.4 Å². The van der Waals surface area contributed by atoms with Crippen molar-refractivity contribution >= 4 is 17.6 Å². The molecule has 0 fully saturated rings. The Balaban J connectivity index is 1.65. The Labute approximate surface area is 147 Å². The largest absolute Gasteiger partial charge is 0.492 e. The molecule has 1 heterocycles. The fourth-order valence-corrected chi connectivity index (χ4v) is 2.33. The molecule has 0 unspecified atom stereocenters. The number of rotatable bonds is 8. The van der Waals surface area contributed by atoms with Gasteiger partial charge in [0.15, 0.2) is 5.96 Å². The van der Waals surface area contributed by atoms with Crippen molar-refractivity contribution in [3.8, 4) is 5.75 Å². The van der Waals surface area contributed by atoms with Crippen LogP contribution in [0.15, 0.2) is 35.6 Å². The van der Waals surface area contributed by atoms with Crippen molar-refractivity contribution in [1.82, 2.24) is 25.4 Å². The van der Waals surface area contributed by atoms with Gasteiger partial charge < -0.3 is 19.9 Å². The minimum atomic E-state index is 0.520. The van der Waals surface area contributed by atoms with Crippen molar-refractivity contribution in [3.63, 3.8) is 0 Å². The molecular formula is C16H23ClN6O. The van der Waals surface area contributed by atoms with Gasteiger partial charge in [-0.15, -0.1) is 10.2 Å². The summed E-state index contributed by atoms with van der Waals surface area (Å²) in [7, 11) is 1.74. The first-order chi connectivity index (χ1) is 11.7. The van der Waals surface area contributed by atoms with Gasteiger partial charge in [0.1, 0.15) is 24.5 Å². The predicted octanol–water partition coefficient (Wildman–Crippen LogP) is 1.74. The molecule has 7 nitrogen and oxygen atoms in total. The Kier molecular flexibility index (Phi) is 7.35. The lowest BCUT2D eigenvalue weighted by Crippen LogP contribution is -2.40. The van der Waals surface area contributed by atoms with E-state index in [0.29, 0.717) is 18.2 Å². The summed E-state index contributed by atoms with van der Waals surface area (Å²) in [4.78, 5) is 4.19. The molecule has 0 saturated carbocycles. The minimum Gasteiger partial charge on any atom is -0.492 e. The lowest BCUT2D eigenvalue weighted by Gasteiger charge is -2.13. The third-order valence-corrected chi connectivity index (χ3v) is 3.58. The average Bonchev–Trinajstić information content (AvgIpc) is 3.04. The number of benzene rings is 1. The SMILES string of the molecule is CCc1nncn1CCNC(=NC)NCCOc1cccc(Cl)c1. The lowest BCUT2D eigenvalue weighted by atomic mass is 10.3. The maximum atomic E-state index is 5.92. The molecule has 24 heavy (non-hydrogen) atoms. The van der Waals surface area contributed by atoms with E-state index in [-0.39, 0.29) is 0 Å². The van der Waals surface area contributed by atoms with Crippen LogP contribution >= 0.6 is 11.6 Å². The molecule has 0 bridgehead atoms. The Morgan fingerprint density at radius 1 is 1.33 bits per heavy atom. The van der Waals surface area contributed by atoms with Gasteiger partial charge in [-0.05, 0) is 18.2 Å². The normalized spacial score (nSPS) is 11.4. The summed E-state index contributed by atoms with van der Waals surface area (Å²) in [5.41, 5.74) is 0. The standard InChI is InChI=1S/C16H23ClN6O/c1-3-15-22-21-12-23(15)9-7-19-16(18-2)20-8-10-24-14-6-4-5-13(17)11-14/h4-6,11-12H,3,7-10H2,1-2H3,(H2,18,19,20). The Hall–Kier alpha value is -2.28. The van der Waals surface area contributed by atoms with Gasteiger partial charge in [0, 0.05) is 31.6 Å². The molecule has 2 N–H and O–H groups in total. The number of aryl methyl sites for hydroxylation is 1. The highest BCUT2D eigenvalue weighted by Gasteiger charge is 2.02. The summed E-state index contributed by atoms with van der Waals surface area (Å²) in [6, 6.07) is 7.35. The molecule has 0 aliphatic rings. The van der Waals surface area contributed by atoms with Crippen LogP contribution in [0.3, 0.4) is 0 Å². The number of guanidine groups is 1. The highest BCUT2D eigenvalue weighted by Crippen LogP contribution is 2.16. The second kappa shape index (κ2) is 9.77. The average molecular weight is 351 g/mol. The summed E-state index contributed by atoms with van der Waals surface area (Å²) in [6.45, 7) is 4.75. The maximum absolute atomic E-state index is 5.92. The van der Waals surface area contributed by atoms with Crippen molar-refractivity contribution in [2.45, 2.75) is 19.9 Å². The van der Waals surface area contributed by atoms with E-state index in [1.807, 2.05) is 22.8 Å². The van der Waals surface area contributed by atoms with Crippen molar-refractivity contribution in [2.24, 2.45) is 4.99 Å². The van der Waals surface area contributed by atoms with E-state index in [1.54, 1.807) is 19.4 Å². The van der Waals surface area contributed by atoms with E-state index in [1.165, 1.54) is 0 Å². The zero-order chi connectivity index (χ0) is 17.2. The molecule has 2 rings (SSSR count). The number of aliphatic imine (C=N–C) groups is 1. The molecule has 0 saturated heterocycles. The van der Waals surface area contributed by atoms with Crippen LogP contribution in [0.5, 0.6) is 5.75 Å². The summed E-state index contributed by atoms with van der Waals surface area (Å²) in [6.07, 6.45) is 2.61. The summed E-state index contributed by atoms with van der Waals surface area (Å²) < 4.78 is 7.66. The van der Waals surface area contributed by atoms with E-state index >= 15 is 0 Å². The third-order valence-electron chi connectivity index (χ3n) is 3.34. The predicted molar refractivity (Wildman–Crippen MR) is 95.7 cm³/mol. The number of nitrogens with one attached hydrogen (secondary N) is 2. The zero-order valence-corrected chi connectivity index (χ0v) is 14.8. The minimum absolute atomic E-state index is 0.520. The summed E-state index contributed by atoms with van der Waals surface area (Å²) in [5, 5.41) is 15.1. The van der Waals surface area contributed by atoms with Gasteiger partial charge >= 0.3 is 0 Å². The summed E-state index contributed by atoms with van der Waals surface area (Å²) in [5.74, 6) is 2.47. The number of hydrogen-bond acceptors (Lipinski definition) is 4. The van der Waals surface area contributed by atoms with Crippen molar-refractivity contribution < 1.29 is 4.74 Å². The van der Waals surface area contributed by atoms with Gasteiger partial charge in [0.2, 0.25) is 0 Å². The molecule has 2 aromatic rings. The lowest BCUT2D eigenvalue weighted by molar-refractivity contribution is 0.322. The van der Waals surface area contributed by atoms with Gasteiger partial charge in [-0.2, -0.15) is 0 Å². The molecule has 0 radical (unpaired) electrons. The maximum Gasteiger partial charge on any atom is 0.191 e. The number of aromatic nitrogens is 3. The van der Waals surface area contributed by atoms with E-state index < -0.39 is 0 Å². The molecule has 0 aliphatic heterocycles. The van der Waals surface area contributed by atoms with Crippen LogP contribution in [0.4, 0.5) is 0 Å². The molecule has 0 amide bonds. The van der Waals surface area contributed by atoms with Crippen molar-refractivity contribution in [3.05, 3.63) is 41.4 Å². The van der Waals surface area contributed by atoms with Crippen LogP contribution < -0.4 is 15.4 Å². The van der Waals surface area contributed by atoms with Crippen LogP contribution in [0.2, 0.25) is 5.02 Å². The van der Waals surface area contributed by atoms with Gasteiger partial charge in [0.25, 0.3) is 0 Å². The molecular weight excluding hydrogens is 328 g/mol. The van der Waals surface area contributed by atoms with Gasteiger partial charge in [-0.25, -0.2) is 0 Å². The van der Waals surface area contributed by atoms with Crippen molar-refractivity contribution in [2.75, 3.05) is 26.7 Å². The van der Waals surface area contributed by atoms with Crippen LogP contribution in [0.25, 0.3) is 0 Å². The van der Waals surface area contributed by atoms with Crippen molar-refractivity contribution in [1.29, 1.82) is 0 Å². The van der Waals surface area contributed by atoms with Gasteiger partial charge in [0.05, 0.1) is 6.54 Å². The van der Waals surface area contributed by atoms with Crippen LogP contribution in [0, 0.1) is 0 Å². The third kappa shape index (κ3) is 5.73. The van der Waals surface area contributed by atoms with Crippen LogP contribution in [-0.4, -0.2) is 47.5 Å². The Bertz CT molecular complexity index is 658. The molecule has 130 valence electrons. The first-order valence-corrected chi connectivity index (χ1v) is 8.30. The second-order valence-corrected chi connectivity index (χ2v) is 5.46. The van der Waals surface area contributed by atoms with E-state index in [2.05, 4.69) is 32.7 Å². The second-order valence-electron chi connectivity index (χ2n) is 5.03. The molecule has 8 heteroatoms. The molecule has 0 atom stereocenters. The summed E-state index contributed by atoms with van der Waals surface area (Å²) >= 11 is 5.92. The van der Waals surface area contributed by atoms with Gasteiger partial charge in [-0.3, -0.25) is 4.99 Å². The number of nitrogens with zero attached hydrogens (tertiary/aromatic N) is 4. The number of hydrogen-bond donors (Lipinski definition) is 2. The molecule has 0 spiro atoms. The van der Waals surface area contributed by atoms with Crippen LogP contribution in [0.1, 0.15) is 12.7 Å². The fourth-order valence-electron chi connectivity index (χ4n) is 2.15. The van der Waals surface area contributed by atoms with Gasteiger partial charge in [-0.1, -0.05) is 24.6 Å². The first-order valence-electron chi connectivity index (χ1n) is 7.92. The zero-order valence-electron chi connectivity index (χ0n) is 14.0. The highest BCUT2D eigenvalue weighted by molar-refractivity contribution is 6.30. The molecule has 1 aromatic carbocycles. The van der Waals surface area contributed by atoms with E-state index in [0.717, 1.165) is 37.0 Å². The quantitative estimate of drug-likeness (QED) is 0.431. The molecule has 0 aliphatic carbocycles. The Morgan fingerprint density at radius 2 is 2.17 bits per heavy atom. The van der Waals surface area contributed by atoms with Crippen LogP contribution in [-0.2, 0) is 13.0 Å². The Morgan fingerprint density at radius 3 is 2.92 bits per heavy atom. The van der Waals surface area contributed by atoms with E-state index in [9.17, 15) is 0 Å². The first kappa shape index (κ1) is 18.1. The highest BCUT2D eigenvalue weighted by atomic mass is 35.5. The monoisotopic (exact) mass is 350 g/mol. The smallest absolute Gasteiger partial charge is 0.191 e. The number of ether oxygens (including phenoxy) is 1. The number of halogens is 1. The van der Waals surface area contributed by atoms with E-state index in [4.69, 9.17) is 16.3 Å².